The number of benzene rings is 2. The fraction of sp³-hybridized carbons (Fsp3) is 0.409. The first kappa shape index (κ1) is 19.0. The maximum absolute atomic E-state index is 12.8. The van der Waals surface area contributed by atoms with Crippen LogP contribution < -0.4 is 9.62 Å². The van der Waals surface area contributed by atoms with E-state index in [1.54, 1.807) is 48.5 Å². The lowest BCUT2D eigenvalue weighted by Gasteiger charge is -2.23. The number of carbonyl (C=O) groups is 1. The molecule has 2 bridgehead atoms. The van der Waals surface area contributed by atoms with Gasteiger partial charge in [0.2, 0.25) is 0 Å². The molecule has 0 unspecified atom stereocenters. The molecule has 2 aliphatic rings. The van der Waals surface area contributed by atoms with Crippen molar-refractivity contribution in [2.24, 2.45) is 11.8 Å². The summed E-state index contributed by atoms with van der Waals surface area (Å²) in [7, 11) is -2.11. The molecule has 2 saturated carbocycles. The maximum atomic E-state index is 12.8. The van der Waals surface area contributed by atoms with E-state index in [0.29, 0.717) is 17.2 Å². The molecule has 0 saturated heterocycles. The second-order valence-electron chi connectivity index (χ2n) is 8.09. The summed E-state index contributed by atoms with van der Waals surface area (Å²) in [4.78, 5) is 12.8. The molecular weight excluding hydrogens is 372 g/mol. The molecule has 28 heavy (non-hydrogen) atoms. The van der Waals surface area contributed by atoms with Crippen LogP contribution in [0.15, 0.2) is 53.4 Å². The van der Waals surface area contributed by atoms with Crippen LogP contribution in [-0.2, 0) is 10.0 Å². The molecule has 0 aliphatic heterocycles. The molecule has 2 aromatic rings. The van der Waals surface area contributed by atoms with Crippen molar-refractivity contribution in [2.45, 2.75) is 43.5 Å². The normalized spacial score (nSPS) is 23.6. The topological polar surface area (TPSA) is 66.5 Å². The number of nitrogens with zero attached hydrogens (tertiary/aromatic N) is 1. The Hall–Kier alpha value is -2.34. The number of hydrogen-bond acceptors (Lipinski definition) is 3. The second kappa shape index (κ2) is 7.24. The molecule has 3 atom stereocenters. The molecule has 0 spiro atoms. The number of sulfonamides is 1. The van der Waals surface area contributed by atoms with Gasteiger partial charge in [0, 0.05) is 18.7 Å². The van der Waals surface area contributed by atoms with Crippen molar-refractivity contribution in [2.75, 3.05) is 11.4 Å². The summed E-state index contributed by atoms with van der Waals surface area (Å²) in [5.41, 5.74) is 2.09. The first-order chi connectivity index (χ1) is 13.3. The molecule has 148 valence electrons. The van der Waals surface area contributed by atoms with Crippen molar-refractivity contribution < 1.29 is 13.2 Å². The zero-order valence-corrected chi connectivity index (χ0v) is 17.1. The Morgan fingerprint density at radius 3 is 2.25 bits per heavy atom. The van der Waals surface area contributed by atoms with Gasteiger partial charge < -0.3 is 5.32 Å². The first-order valence-corrected chi connectivity index (χ1v) is 11.2. The number of anilines is 1. The van der Waals surface area contributed by atoms with Crippen molar-refractivity contribution in [1.82, 2.24) is 5.32 Å². The smallest absolute Gasteiger partial charge is 0.264 e. The Labute approximate surface area is 166 Å². The van der Waals surface area contributed by atoms with Gasteiger partial charge in [-0.25, -0.2) is 8.42 Å². The lowest BCUT2D eigenvalue weighted by Crippen LogP contribution is -2.38. The molecule has 4 rings (SSSR count). The molecule has 2 aliphatic carbocycles. The Kier molecular flexibility index (Phi) is 4.91. The summed E-state index contributed by atoms with van der Waals surface area (Å²) in [6, 6.07) is 13.8. The van der Waals surface area contributed by atoms with E-state index in [0.717, 1.165) is 17.9 Å². The summed E-state index contributed by atoms with van der Waals surface area (Å²) in [6.45, 7) is 1.92. The quantitative estimate of drug-likeness (QED) is 0.834. The molecule has 5 nitrogen and oxygen atoms in total. The largest absolute Gasteiger partial charge is 0.349 e. The Bertz CT molecular complexity index is 968. The number of carbonyl (C=O) groups excluding carboxylic acids is 1. The minimum atomic E-state index is -3.63. The number of nitrogens with one attached hydrogen (secondary N) is 1. The molecule has 1 amide bonds. The molecular formula is C22H26N2O3S. The van der Waals surface area contributed by atoms with Gasteiger partial charge in [0.15, 0.2) is 0 Å². The summed E-state index contributed by atoms with van der Waals surface area (Å²) in [5, 5.41) is 3.17. The van der Waals surface area contributed by atoms with Crippen molar-refractivity contribution >= 4 is 21.6 Å². The van der Waals surface area contributed by atoms with E-state index in [4.69, 9.17) is 0 Å². The van der Waals surface area contributed by atoms with E-state index >= 15 is 0 Å². The van der Waals surface area contributed by atoms with Crippen LogP contribution in [0.3, 0.4) is 0 Å². The number of fused-ring (bicyclic) bond motifs is 2. The summed E-state index contributed by atoms with van der Waals surface area (Å²) >= 11 is 0. The Morgan fingerprint density at radius 2 is 1.68 bits per heavy atom. The highest BCUT2D eigenvalue weighted by Gasteiger charge is 2.40. The molecule has 2 fully saturated rings. The molecule has 0 aromatic heterocycles. The SMILES string of the molecule is Cc1ccc(S(=O)(=O)N(C)c2ccc(C(=O)N[C@H]3C[C@H]4CC[C@H]3C4)cc2)cc1. The summed E-state index contributed by atoms with van der Waals surface area (Å²) in [6.07, 6.45) is 4.85. The molecule has 0 radical (unpaired) electrons. The third kappa shape index (κ3) is 3.53. The fourth-order valence-electron chi connectivity index (χ4n) is 4.50. The van der Waals surface area contributed by atoms with Crippen LogP contribution >= 0.6 is 0 Å². The lowest BCUT2D eigenvalue weighted by molar-refractivity contribution is 0.0923. The van der Waals surface area contributed by atoms with Gasteiger partial charge in [-0.1, -0.05) is 24.1 Å². The number of rotatable bonds is 5. The van der Waals surface area contributed by atoms with Crippen LogP contribution in [0.2, 0.25) is 0 Å². The third-order valence-corrected chi connectivity index (χ3v) is 8.03. The van der Waals surface area contributed by atoms with Gasteiger partial charge in [-0.2, -0.15) is 0 Å². The van der Waals surface area contributed by atoms with E-state index in [1.165, 1.54) is 30.6 Å². The fourth-order valence-corrected chi connectivity index (χ4v) is 5.70. The first-order valence-electron chi connectivity index (χ1n) is 9.81. The highest BCUT2D eigenvalue weighted by molar-refractivity contribution is 7.92. The Balaban J connectivity index is 1.46. The predicted octanol–water partition coefficient (Wildman–Crippen LogP) is 3.74. The van der Waals surface area contributed by atoms with Crippen LogP contribution in [0.4, 0.5) is 5.69 Å². The highest BCUT2D eigenvalue weighted by Crippen LogP contribution is 2.44. The predicted molar refractivity (Wildman–Crippen MR) is 110 cm³/mol. The number of amides is 1. The molecule has 0 heterocycles. The van der Waals surface area contributed by atoms with Crippen LogP contribution in [-0.4, -0.2) is 27.4 Å². The van der Waals surface area contributed by atoms with Gasteiger partial charge in [0.1, 0.15) is 0 Å². The van der Waals surface area contributed by atoms with Crippen molar-refractivity contribution in [3.63, 3.8) is 0 Å². The van der Waals surface area contributed by atoms with Crippen molar-refractivity contribution in [3.05, 3.63) is 59.7 Å². The van der Waals surface area contributed by atoms with E-state index in [1.807, 2.05) is 6.92 Å². The van der Waals surface area contributed by atoms with Crippen LogP contribution in [0.25, 0.3) is 0 Å². The average Bonchev–Trinajstić information content (AvgIpc) is 3.31. The second-order valence-corrected chi connectivity index (χ2v) is 10.1. The molecule has 1 N–H and O–H groups in total. The summed E-state index contributed by atoms with van der Waals surface area (Å²) < 4.78 is 26.9. The van der Waals surface area contributed by atoms with Gasteiger partial charge in [-0.15, -0.1) is 0 Å². The van der Waals surface area contributed by atoms with Crippen molar-refractivity contribution in [1.29, 1.82) is 0 Å². The Morgan fingerprint density at radius 1 is 1.00 bits per heavy atom. The van der Waals surface area contributed by atoms with E-state index in [9.17, 15) is 13.2 Å². The van der Waals surface area contributed by atoms with Crippen LogP contribution in [0.5, 0.6) is 0 Å². The van der Waals surface area contributed by atoms with E-state index < -0.39 is 10.0 Å². The zero-order valence-electron chi connectivity index (χ0n) is 16.3. The van der Waals surface area contributed by atoms with E-state index in [2.05, 4.69) is 5.32 Å². The van der Waals surface area contributed by atoms with Gasteiger partial charge in [0.05, 0.1) is 10.6 Å². The van der Waals surface area contributed by atoms with E-state index in [-0.39, 0.29) is 16.8 Å². The molecule has 6 heteroatoms. The average molecular weight is 399 g/mol. The van der Waals surface area contributed by atoms with Crippen LogP contribution in [0, 0.1) is 18.8 Å². The number of aryl methyl sites for hydroxylation is 1. The number of hydrogen-bond donors (Lipinski definition) is 1. The van der Waals surface area contributed by atoms with Gasteiger partial charge in [-0.05, 0) is 74.4 Å². The van der Waals surface area contributed by atoms with Gasteiger partial charge in [-0.3, -0.25) is 9.10 Å². The lowest BCUT2D eigenvalue weighted by atomic mass is 9.95. The van der Waals surface area contributed by atoms with Gasteiger partial charge in [0.25, 0.3) is 15.9 Å². The van der Waals surface area contributed by atoms with Gasteiger partial charge >= 0.3 is 0 Å². The minimum Gasteiger partial charge on any atom is -0.349 e. The monoisotopic (exact) mass is 398 g/mol. The van der Waals surface area contributed by atoms with Crippen molar-refractivity contribution in [3.8, 4) is 0 Å². The highest BCUT2D eigenvalue weighted by atomic mass is 32.2. The third-order valence-electron chi connectivity index (χ3n) is 6.23. The molecule has 2 aromatic carbocycles. The van der Waals surface area contributed by atoms with Crippen LogP contribution in [0.1, 0.15) is 41.6 Å². The summed E-state index contributed by atoms with van der Waals surface area (Å²) in [5.74, 6) is 1.32. The minimum absolute atomic E-state index is 0.0758. The maximum Gasteiger partial charge on any atom is 0.264 e. The standard InChI is InChI=1S/C22H26N2O3S/c1-15-3-11-20(12-4-15)28(26,27)24(2)19-9-7-17(8-10-19)22(25)23-21-14-16-5-6-18(21)13-16/h3-4,7-12,16,18,21H,5-6,13-14H2,1-2H3,(H,23,25)/t16-,18-,21-/m0/s1. The zero-order chi connectivity index (χ0) is 19.9.